The van der Waals surface area contributed by atoms with Crippen molar-refractivity contribution in [3.63, 3.8) is 0 Å². The molecule has 1 aromatic carbocycles. The van der Waals surface area contributed by atoms with E-state index in [2.05, 4.69) is 38.1 Å². The Morgan fingerprint density at radius 1 is 1.29 bits per heavy atom. The van der Waals surface area contributed by atoms with E-state index in [1.807, 2.05) is 0 Å². The highest BCUT2D eigenvalue weighted by atomic mass is 16.3. The lowest BCUT2D eigenvalue weighted by atomic mass is 9.96. The summed E-state index contributed by atoms with van der Waals surface area (Å²) in [6, 6.07) is 10.3. The van der Waals surface area contributed by atoms with Crippen molar-refractivity contribution in [1.29, 1.82) is 0 Å². The number of furan rings is 1. The number of aldehydes is 1. The topological polar surface area (TPSA) is 30.2 Å². The van der Waals surface area contributed by atoms with E-state index in [1.165, 1.54) is 17.4 Å². The number of rotatable bonds is 4. The Morgan fingerprint density at radius 2 is 2.00 bits per heavy atom. The molecule has 2 aromatic rings. The van der Waals surface area contributed by atoms with Crippen LogP contribution in [0.3, 0.4) is 0 Å². The second-order valence-electron chi connectivity index (χ2n) is 4.48. The zero-order valence-corrected chi connectivity index (χ0v) is 10.1. The van der Waals surface area contributed by atoms with Crippen molar-refractivity contribution in [3.05, 3.63) is 59.0 Å². The third-order valence-electron chi connectivity index (χ3n) is 2.96. The molecular weight excluding hydrogens is 212 g/mol. The minimum atomic E-state index is 0.390. The van der Waals surface area contributed by atoms with Crippen molar-refractivity contribution in [2.24, 2.45) is 0 Å². The van der Waals surface area contributed by atoms with Gasteiger partial charge in [-0.25, -0.2) is 0 Å². The summed E-state index contributed by atoms with van der Waals surface area (Å²) in [5.41, 5.74) is 3.16. The predicted octanol–water partition coefficient (Wildman–Crippen LogP) is 3.75. The fourth-order valence-electron chi connectivity index (χ4n) is 1.88. The Labute approximate surface area is 101 Å². The van der Waals surface area contributed by atoms with Gasteiger partial charge in [-0.05, 0) is 24.5 Å². The van der Waals surface area contributed by atoms with Gasteiger partial charge in [-0.1, -0.05) is 36.8 Å². The van der Waals surface area contributed by atoms with Gasteiger partial charge in [0.2, 0.25) is 0 Å². The summed E-state index contributed by atoms with van der Waals surface area (Å²) in [6.45, 7) is 4.24. The minimum absolute atomic E-state index is 0.390. The average molecular weight is 228 g/mol. The molecule has 0 spiro atoms. The minimum Gasteiger partial charge on any atom is -0.469 e. The molecule has 88 valence electrons. The lowest BCUT2D eigenvalue weighted by Gasteiger charge is -2.10. The van der Waals surface area contributed by atoms with Crippen LogP contribution in [0.2, 0.25) is 0 Å². The molecule has 0 N–H and O–H groups in total. The van der Waals surface area contributed by atoms with Crippen molar-refractivity contribution in [2.45, 2.75) is 26.2 Å². The van der Waals surface area contributed by atoms with Crippen LogP contribution in [-0.2, 0) is 6.42 Å². The maximum atomic E-state index is 10.6. The highest BCUT2D eigenvalue weighted by molar-refractivity contribution is 5.74. The second kappa shape index (κ2) is 5.00. The first-order valence-corrected chi connectivity index (χ1v) is 5.78. The average Bonchev–Trinajstić information content (AvgIpc) is 2.77. The maximum absolute atomic E-state index is 10.6. The molecule has 0 aliphatic rings. The van der Waals surface area contributed by atoms with E-state index in [9.17, 15) is 4.79 Å². The largest absolute Gasteiger partial charge is 0.469 e. The van der Waals surface area contributed by atoms with Crippen LogP contribution in [0.5, 0.6) is 0 Å². The van der Waals surface area contributed by atoms with Crippen molar-refractivity contribution in [3.8, 4) is 0 Å². The lowest BCUT2D eigenvalue weighted by Crippen LogP contribution is -1.97. The molecule has 0 bridgehead atoms. The Balaban J connectivity index is 2.08. The zero-order valence-electron chi connectivity index (χ0n) is 10.1. The van der Waals surface area contributed by atoms with Crippen molar-refractivity contribution in [1.82, 2.24) is 0 Å². The molecule has 2 rings (SSSR count). The summed E-state index contributed by atoms with van der Waals surface area (Å²) < 4.78 is 5.34. The van der Waals surface area contributed by atoms with Gasteiger partial charge in [-0.15, -0.1) is 0 Å². The van der Waals surface area contributed by atoms with E-state index in [-0.39, 0.29) is 0 Å². The Bertz CT molecular complexity index is 494. The van der Waals surface area contributed by atoms with Crippen molar-refractivity contribution >= 4 is 6.29 Å². The highest BCUT2D eigenvalue weighted by Gasteiger charge is 2.09. The summed E-state index contributed by atoms with van der Waals surface area (Å²) >= 11 is 0. The first-order chi connectivity index (χ1) is 8.19. The zero-order chi connectivity index (χ0) is 12.3. The third-order valence-corrected chi connectivity index (χ3v) is 2.96. The smallest absolute Gasteiger partial charge is 0.153 e. The SMILES string of the molecule is Cc1ccc(C(C)Cc2cc(C=O)co2)cc1. The van der Waals surface area contributed by atoms with Crippen LogP contribution in [0, 0.1) is 6.92 Å². The molecule has 0 aliphatic carbocycles. The summed E-state index contributed by atoms with van der Waals surface area (Å²) in [4.78, 5) is 10.6. The number of aryl methyl sites for hydroxylation is 1. The first kappa shape index (κ1) is 11.6. The normalized spacial score (nSPS) is 12.4. The van der Waals surface area contributed by atoms with Gasteiger partial charge in [0, 0.05) is 6.42 Å². The molecule has 2 nitrogen and oxygen atoms in total. The van der Waals surface area contributed by atoms with Crippen molar-refractivity contribution < 1.29 is 9.21 Å². The van der Waals surface area contributed by atoms with Gasteiger partial charge in [0.25, 0.3) is 0 Å². The summed E-state index contributed by atoms with van der Waals surface area (Å²) in [7, 11) is 0. The van der Waals surface area contributed by atoms with Crippen LogP contribution < -0.4 is 0 Å². The van der Waals surface area contributed by atoms with E-state index in [4.69, 9.17) is 4.42 Å². The number of benzene rings is 1. The van der Waals surface area contributed by atoms with Crippen LogP contribution in [0.25, 0.3) is 0 Å². The molecule has 0 radical (unpaired) electrons. The van der Waals surface area contributed by atoms with Gasteiger partial charge in [0.05, 0.1) is 5.56 Å². The Hall–Kier alpha value is -1.83. The van der Waals surface area contributed by atoms with Gasteiger partial charge in [0.1, 0.15) is 12.0 Å². The van der Waals surface area contributed by atoms with Crippen LogP contribution in [-0.4, -0.2) is 6.29 Å². The summed E-state index contributed by atoms with van der Waals surface area (Å²) in [6.07, 6.45) is 3.13. The molecule has 1 atom stereocenters. The number of carbonyl (C=O) groups excluding carboxylic acids is 1. The lowest BCUT2D eigenvalue weighted by molar-refractivity contribution is 0.112. The number of hydrogen-bond acceptors (Lipinski definition) is 2. The van der Waals surface area contributed by atoms with E-state index in [1.54, 1.807) is 6.07 Å². The highest BCUT2D eigenvalue weighted by Crippen LogP contribution is 2.21. The van der Waals surface area contributed by atoms with Crippen LogP contribution in [0.4, 0.5) is 0 Å². The molecule has 1 heterocycles. The quantitative estimate of drug-likeness (QED) is 0.746. The van der Waals surface area contributed by atoms with Gasteiger partial charge in [-0.2, -0.15) is 0 Å². The Kier molecular flexibility index (Phi) is 3.43. The van der Waals surface area contributed by atoms with Crippen LogP contribution >= 0.6 is 0 Å². The van der Waals surface area contributed by atoms with Gasteiger partial charge < -0.3 is 4.42 Å². The van der Waals surface area contributed by atoms with Gasteiger partial charge in [0.15, 0.2) is 6.29 Å². The molecule has 0 fully saturated rings. The fourth-order valence-corrected chi connectivity index (χ4v) is 1.88. The molecule has 0 aliphatic heterocycles. The second-order valence-corrected chi connectivity index (χ2v) is 4.48. The standard InChI is InChI=1S/C15H16O2/c1-11-3-5-14(6-4-11)12(2)7-15-8-13(9-16)10-17-15/h3-6,8-10,12H,7H2,1-2H3. The van der Waals surface area contributed by atoms with Crippen molar-refractivity contribution in [2.75, 3.05) is 0 Å². The molecule has 17 heavy (non-hydrogen) atoms. The molecule has 0 saturated carbocycles. The molecule has 2 heteroatoms. The predicted molar refractivity (Wildman–Crippen MR) is 67.4 cm³/mol. The first-order valence-electron chi connectivity index (χ1n) is 5.78. The fraction of sp³-hybridized carbons (Fsp3) is 0.267. The molecule has 1 unspecified atom stereocenters. The molecule has 1 aromatic heterocycles. The van der Waals surface area contributed by atoms with Gasteiger partial charge >= 0.3 is 0 Å². The number of carbonyl (C=O) groups is 1. The monoisotopic (exact) mass is 228 g/mol. The van der Waals surface area contributed by atoms with E-state index in [0.717, 1.165) is 18.5 Å². The van der Waals surface area contributed by atoms with Gasteiger partial charge in [-0.3, -0.25) is 4.79 Å². The van der Waals surface area contributed by atoms with E-state index >= 15 is 0 Å². The molecule has 0 amide bonds. The van der Waals surface area contributed by atoms with E-state index in [0.29, 0.717) is 11.5 Å². The third kappa shape index (κ3) is 2.84. The molecular formula is C15H16O2. The maximum Gasteiger partial charge on any atom is 0.153 e. The summed E-state index contributed by atoms with van der Waals surface area (Å²) in [5, 5.41) is 0. The van der Waals surface area contributed by atoms with Crippen LogP contribution in [0.1, 0.15) is 40.1 Å². The molecule has 0 saturated heterocycles. The van der Waals surface area contributed by atoms with Crippen LogP contribution in [0.15, 0.2) is 41.0 Å². The number of hydrogen-bond donors (Lipinski definition) is 0. The van der Waals surface area contributed by atoms with E-state index < -0.39 is 0 Å². The summed E-state index contributed by atoms with van der Waals surface area (Å²) in [5.74, 6) is 1.25. The Morgan fingerprint density at radius 3 is 2.59 bits per heavy atom.